The number of nitrogens with zero attached hydrogens (tertiary/aromatic N) is 3. The zero-order valence-electron chi connectivity index (χ0n) is 23.6. The first-order valence-corrected chi connectivity index (χ1v) is 13.4. The van der Waals surface area contributed by atoms with Crippen molar-refractivity contribution in [3.8, 4) is 22.5 Å². The molecule has 0 spiro atoms. The third-order valence-corrected chi connectivity index (χ3v) is 6.81. The third-order valence-electron chi connectivity index (χ3n) is 6.81. The van der Waals surface area contributed by atoms with Crippen LogP contribution in [0.5, 0.6) is 0 Å². The summed E-state index contributed by atoms with van der Waals surface area (Å²) in [4.78, 5) is 8.85. The average molecular weight is 710 g/mol. The Morgan fingerprint density at radius 1 is 0.683 bits per heavy atom. The number of benzene rings is 3. The molecule has 4 heteroatoms. The van der Waals surface area contributed by atoms with Crippen LogP contribution < -0.4 is 0 Å². The standard InChI is InChI=1S/C19H16N.C18H15N2.Ir/c1-14-13-15(2)19(17-11-7-4-8-12-17)20-18(14)16-9-5-3-6-10-16;1-13-11-14(2)16(18-8-4-6-10-20-18)12-15(13)17-7-3-5-9-19-17;/h3-9,11,13,18H,1-2H3;3-11H,1-2H3;/q-3;-1;. The molecule has 0 N–H and O–H groups in total. The average Bonchev–Trinajstić information content (AvgIpc) is 2.99. The number of hydrogen-bond donors (Lipinski definition) is 0. The van der Waals surface area contributed by atoms with Crippen molar-refractivity contribution >= 4 is 5.70 Å². The number of hydrogen-bond acceptors (Lipinski definition) is 2. The first-order chi connectivity index (χ1) is 19.5. The van der Waals surface area contributed by atoms with E-state index < -0.39 is 0 Å². The Bertz CT molecular complexity index is 1570. The van der Waals surface area contributed by atoms with Crippen LogP contribution in [0, 0.1) is 32.0 Å². The Balaban J connectivity index is 0.000000184. The monoisotopic (exact) mass is 710 g/mol. The quantitative estimate of drug-likeness (QED) is 0.175. The number of allylic oxidation sites excluding steroid dienone is 2. The molecule has 1 radical (unpaired) electrons. The van der Waals surface area contributed by atoms with Gasteiger partial charge in [0.2, 0.25) is 0 Å². The molecule has 3 nitrogen and oxygen atoms in total. The molecule has 1 unspecified atom stereocenters. The Kier molecular flexibility index (Phi) is 10.2. The second-order valence-electron chi connectivity index (χ2n) is 9.86. The summed E-state index contributed by atoms with van der Waals surface area (Å²) < 4.78 is 0. The fraction of sp³-hybridized carbons (Fsp3) is 0.135. The molecule has 3 heterocycles. The second kappa shape index (κ2) is 14.0. The van der Waals surface area contributed by atoms with Gasteiger partial charge in [-0.1, -0.05) is 60.9 Å². The van der Waals surface area contributed by atoms with Gasteiger partial charge in [-0.15, -0.1) is 65.2 Å². The van der Waals surface area contributed by atoms with E-state index in [0.29, 0.717) is 0 Å². The molecule has 0 saturated carbocycles. The number of aromatic nitrogens is 2. The van der Waals surface area contributed by atoms with Crippen molar-refractivity contribution in [3.63, 3.8) is 0 Å². The minimum atomic E-state index is 0. The fourth-order valence-corrected chi connectivity index (χ4v) is 4.88. The van der Waals surface area contributed by atoms with Crippen molar-refractivity contribution in [1.82, 2.24) is 9.97 Å². The van der Waals surface area contributed by atoms with E-state index in [4.69, 9.17) is 5.32 Å². The Morgan fingerprint density at radius 2 is 1.27 bits per heavy atom. The van der Waals surface area contributed by atoms with Gasteiger partial charge in [0, 0.05) is 43.9 Å². The van der Waals surface area contributed by atoms with E-state index in [9.17, 15) is 0 Å². The number of rotatable bonds is 4. The molecule has 41 heavy (non-hydrogen) atoms. The van der Waals surface area contributed by atoms with Crippen LogP contribution in [0.4, 0.5) is 0 Å². The van der Waals surface area contributed by atoms with Crippen LogP contribution in [0.2, 0.25) is 0 Å². The number of aryl methyl sites for hydroxylation is 2. The predicted octanol–water partition coefficient (Wildman–Crippen LogP) is 9.32. The van der Waals surface area contributed by atoms with Gasteiger partial charge in [-0.25, -0.2) is 5.70 Å². The van der Waals surface area contributed by atoms with E-state index in [1.54, 1.807) is 0 Å². The summed E-state index contributed by atoms with van der Waals surface area (Å²) in [5.41, 5.74) is 12.0. The summed E-state index contributed by atoms with van der Waals surface area (Å²) in [6.07, 6.45) is 5.83. The summed E-state index contributed by atoms with van der Waals surface area (Å²) in [6.45, 7) is 8.42. The molecule has 2 aromatic heterocycles. The van der Waals surface area contributed by atoms with Gasteiger partial charge in [0.25, 0.3) is 0 Å². The maximum atomic E-state index is 4.93. The van der Waals surface area contributed by atoms with E-state index in [1.165, 1.54) is 22.3 Å². The van der Waals surface area contributed by atoms with E-state index >= 15 is 0 Å². The molecule has 5 aromatic rings. The van der Waals surface area contributed by atoms with Crippen LogP contribution in [0.15, 0.2) is 121 Å². The van der Waals surface area contributed by atoms with Crippen LogP contribution in [-0.4, -0.2) is 9.97 Å². The Morgan fingerprint density at radius 3 is 1.78 bits per heavy atom. The van der Waals surface area contributed by atoms with Crippen LogP contribution in [0.25, 0.3) is 33.5 Å². The second-order valence-corrected chi connectivity index (χ2v) is 9.86. The van der Waals surface area contributed by atoms with Gasteiger partial charge in [0.05, 0.1) is 0 Å². The van der Waals surface area contributed by atoms with Crippen LogP contribution in [0.3, 0.4) is 0 Å². The summed E-state index contributed by atoms with van der Waals surface area (Å²) in [6, 6.07) is 40.2. The van der Waals surface area contributed by atoms with Gasteiger partial charge < -0.3 is 5.32 Å². The summed E-state index contributed by atoms with van der Waals surface area (Å²) in [5.74, 6) is 0. The van der Waals surface area contributed by atoms with Gasteiger partial charge in [0.1, 0.15) is 0 Å². The van der Waals surface area contributed by atoms with Gasteiger partial charge in [-0.05, 0) is 26.0 Å². The van der Waals surface area contributed by atoms with Crippen molar-refractivity contribution < 1.29 is 20.1 Å². The zero-order chi connectivity index (χ0) is 27.9. The minimum absolute atomic E-state index is 0. The van der Waals surface area contributed by atoms with Crippen molar-refractivity contribution in [2.75, 3.05) is 0 Å². The summed E-state index contributed by atoms with van der Waals surface area (Å²) in [5, 5.41) is 4.93. The molecule has 0 bridgehead atoms. The Labute approximate surface area is 257 Å². The van der Waals surface area contributed by atoms with Gasteiger partial charge in [-0.3, -0.25) is 9.97 Å². The SMILES string of the molecule is CC1=CC(C)=C(c2[c-]cccc2)[N-]C1c1[c-]cccc1.Cc1cc(C)c(-c2ccccn2)[c-]c1-c1ccccn1.[Ir]. The molecule has 0 aliphatic carbocycles. The van der Waals surface area contributed by atoms with Gasteiger partial charge in [-0.2, -0.15) is 41.5 Å². The smallest absolute Gasteiger partial charge is 0.0183 e. The van der Waals surface area contributed by atoms with E-state index in [1.807, 2.05) is 85.2 Å². The number of pyridine rings is 2. The van der Waals surface area contributed by atoms with Crippen molar-refractivity contribution in [3.05, 3.63) is 166 Å². The molecule has 3 aromatic carbocycles. The zero-order valence-corrected chi connectivity index (χ0v) is 26.0. The van der Waals surface area contributed by atoms with Crippen LogP contribution in [-0.2, 0) is 20.1 Å². The summed E-state index contributed by atoms with van der Waals surface area (Å²) >= 11 is 0. The molecule has 1 aliphatic rings. The first-order valence-electron chi connectivity index (χ1n) is 13.4. The molecule has 1 aliphatic heterocycles. The molecular formula is C37H31IrN3-4. The summed E-state index contributed by atoms with van der Waals surface area (Å²) in [7, 11) is 0. The van der Waals surface area contributed by atoms with E-state index in [0.717, 1.165) is 39.3 Å². The molecular weight excluding hydrogens is 679 g/mol. The predicted molar refractivity (Wildman–Crippen MR) is 164 cm³/mol. The van der Waals surface area contributed by atoms with E-state index in [2.05, 4.69) is 80.1 Å². The molecule has 1 atom stereocenters. The molecule has 0 fully saturated rings. The maximum Gasteiger partial charge on any atom is 0.0183 e. The third kappa shape index (κ3) is 7.16. The van der Waals surface area contributed by atoms with E-state index in [-0.39, 0.29) is 26.1 Å². The van der Waals surface area contributed by atoms with Crippen molar-refractivity contribution in [2.24, 2.45) is 0 Å². The first kappa shape index (κ1) is 29.9. The molecule has 0 amide bonds. The van der Waals surface area contributed by atoms with Crippen molar-refractivity contribution in [1.29, 1.82) is 0 Å². The van der Waals surface area contributed by atoms with Crippen LogP contribution >= 0.6 is 0 Å². The van der Waals surface area contributed by atoms with Crippen molar-refractivity contribution in [2.45, 2.75) is 33.7 Å². The topological polar surface area (TPSA) is 39.9 Å². The fourth-order valence-electron chi connectivity index (χ4n) is 4.88. The molecule has 207 valence electrons. The van der Waals surface area contributed by atoms with Gasteiger partial charge in [0.15, 0.2) is 0 Å². The Hall–Kier alpha value is -4.11. The normalized spacial score (nSPS) is 14.1. The maximum absolute atomic E-state index is 4.93. The van der Waals surface area contributed by atoms with Gasteiger partial charge >= 0.3 is 0 Å². The molecule has 6 rings (SSSR count). The minimum Gasteiger partial charge on any atom is -0.720 e. The largest absolute Gasteiger partial charge is 0.720 e. The molecule has 0 saturated heterocycles. The van der Waals surface area contributed by atoms with Crippen LogP contribution in [0.1, 0.15) is 42.1 Å².